The molecule has 6 heteroatoms. The zero-order valence-corrected chi connectivity index (χ0v) is 20.1. The van der Waals surface area contributed by atoms with Crippen LogP contribution in [0.4, 0.5) is 0 Å². The van der Waals surface area contributed by atoms with Gasteiger partial charge in [-0.2, -0.15) is 0 Å². The van der Waals surface area contributed by atoms with Crippen LogP contribution in [0.1, 0.15) is 48.5 Å². The molecule has 33 heavy (non-hydrogen) atoms. The number of hydrogen-bond donors (Lipinski definition) is 0. The van der Waals surface area contributed by atoms with E-state index in [9.17, 15) is 4.79 Å². The maximum Gasteiger partial charge on any atom is 0.253 e. The average Bonchev–Trinajstić information content (AvgIpc) is 2.86. The molecule has 2 aromatic rings. The second kappa shape index (κ2) is 10.5. The van der Waals surface area contributed by atoms with Crippen molar-refractivity contribution in [3.63, 3.8) is 0 Å². The molecule has 2 saturated heterocycles. The van der Waals surface area contributed by atoms with E-state index in [4.69, 9.17) is 14.2 Å². The Hall–Kier alpha value is -2.73. The molecule has 0 aliphatic carbocycles. The highest BCUT2D eigenvalue weighted by Gasteiger charge is 2.38. The van der Waals surface area contributed by atoms with Crippen LogP contribution in [0.5, 0.6) is 17.2 Å². The van der Waals surface area contributed by atoms with Gasteiger partial charge in [-0.25, -0.2) is 0 Å². The third-order valence-electron chi connectivity index (χ3n) is 7.32. The summed E-state index contributed by atoms with van der Waals surface area (Å²) in [6, 6.07) is 13.8. The molecule has 2 aliphatic rings. The lowest BCUT2D eigenvalue weighted by atomic mass is 9.71. The minimum Gasteiger partial charge on any atom is -0.494 e. The first-order valence-corrected chi connectivity index (χ1v) is 12.0. The topological polar surface area (TPSA) is 51.2 Å². The van der Waals surface area contributed by atoms with E-state index in [1.54, 1.807) is 26.4 Å². The summed E-state index contributed by atoms with van der Waals surface area (Å²) in [6.07, 6.45) is 4.55. The smallest absolute Gasteiger partial charge is 0.253 e. The third-order valence-corrected chi connectivity index (χ3v) is 7.32. The SMILES string of the molecule is CCOc1ccccc1CN1CCC2(CC1)CCN(C(=O)c1ccc(OC)c(OC)c1)CC2. The fourth-order valence-corrected chi connectivity index (χ4v) is 5.19. The summed E-state index contributed by atoms with van der Waals surface area (Å²) in [5.41, 5.74) is 2.29. The van der Waals surface area contributed by atoms with Gasteiger partial charge in [0.25, 0.3) is 5.91 Å². The Labute approximate surface area is 197 Å². The van der Waals surface area contributed by atoms with Crippen molar-refractivity contribution in [2.24, 2.45) is 5.41 Å². The van der Waals surface area contributed by atoms with Gasteiger partial charge in [-0.1, -0.05) is 18.2 Å². The Bertz CT molecular complexity index is 943. The normalized spacial score (nSPS) is 18.2. The number of likely N-dealkylation sites (tertiary alicyclic amines) is 2. The Morgan fingerprint density at radius 3 is 2.21 bits per heavy atom. The van der Waals surface area contributed by atoms with E-state index in [0.29, 0.717) is 29.1 Å². The van der Waals surface area contributed by atoms with E-state index < -0.39 is 0 Å². The Kier molecular flexibility index (Phi) is 7.43. The van der Waals surface area contributed by atoms with Crippen LogP contribution in [-0.4, -0.2) is 62.7 Å². The minimum atomic E-state index is 0.0794. The van der Waals surface area contributed by atoms with Gasteiger partial charge >= 0.3 is 0 Å². The molecule has 6 nitrogen and oxygen atoms in total. The van der Waals surface area contributed by atoms with Crippen LogP contribution in [0.3, 0.4) is 0 Å². The van der Waals surface area contributed by atoms with E-state index in [1.807, 2.05) is 24.0 Å². The number of para-hydroxylation sites is 1. The predicted octanol–water partition coefficient (Wildman–Crippen LogP) is 4.62. The molecule has 1 amide bonds. The van der Waals surface area contributed by atoms with Crippen LogP contribution >= 0.6 is 0 Å². The Balaban J connectivity index is 1.31. The standard InChI is InChI=1S/C27H36N2O4/c1-4-33-23-8-6-5-7-22(23)20-28-15-11-27(12-16-28)13-17-29(18-14-27)26(30)21-9-10-24(31-2)25(19-21)32-3/h5-10,19H,4,11-18,20H2,1-3H3. The van der Waals surface area contributed by atoms with Crippen LogP contribution in [0.15, 0.2) is 42.5 Å². The molecule has 4 rings (SSSR count). The predicted molar refractivity (Wildman–Crippen MR) is 129 cm³/mol. The number of amides is 1. The van der Waals surface area contributed by atoms with Crippen molar-refractivity contribution in [3.05, 3.63) is 53.6 Å². The van der Waals surface area contributed by atoms with Gasteiger partial charge in [0.1, 0.15) is 5.75 Å². The van der Waals surface area contributed by atoms with Crippen LogP contribution in [0.25, 0.3) is 0 Å². The molecule has 2 aromatic carbocycles. The fourth-order valence-electron chi connectivity index (χ4n) is 5.19. The number of carbonyl (C=O) groups is 1. The summed E-state index contributed by atoms with van der Waals surface area (Å²) in [6.45, 7) is 7.51. The van der Waals surface area contributed by atoms with E-state index in [0.717, 1.165) is 51.3 Å². The summed E-state index contributed by atoms with van der Waals surface area (Å²) >= 11 is 0. The van der Waals surface area contributed by atoms with Gasteiger partial charge in [0.05, 0.1) is 20.8 Å². The summed E-state index contributed by atoms with van der Waals surface area (Å²) in [7, 11) is 3.20. The van der Waals surface area contributed by atoms with Crippen molar-refractivity contribution < 1.29 is 19.0 Å². The molecule has 178 valence electrons. The Morgan fingerprint density at radius 1 is 0.879 bits per heavy atom. The molecular formula is C27H36N2O4. The van der Waals surface area contributed by atoms with Crippen molar-refractivity contribution in [3.8, 4) is 17.2 Å². The van der Waals surface area contributed by atoms with Crippen LogP contribution < -0.4 is 14.2 Å². The number of piperidine rings is 2. The first kappa shape index (κ1) is 23.4. The molecule has 0 N–H and O–H groups in total. The largest absolute Gasteiger partial charge is 0.494 e. The first-order valence-electron chi connectivity index (χ1n) is 12.0. The molecule has 0 atom stereocenters. The molecular weight excluding hydrogens is 416 g/mol. The lowest BCUT2D eigenvalue weighted by Gasteiger charge is -2.47. The van der Waals surface area contributed by atoms with Crippen molar-refractivity contribution >= 4 is 5.91 Å². The van der Waals surface area contributed by atoms with Gasteiger partial charge in [-0.3, -0.25) is 9.69 Å². The fraction of sp³-hybridized carbons (Fsp3) is 0.519. The number of carbonyl (C=O) groups excluding carboxylic acids is 1. The third kappa shape index (κ3) is 5.27. The number of ether oxygens (including phenoxy) is 3. The van der Waals surface area contributed by atoms with E-state index >= 15 is 0 Å². The minimum absolute atomic E-state index is 0.0794. The number of methoxy groups -OCH3 is 2. The van der Waals surface area contributed by atoms with Crippen molar-refractivity contribution in [1.29, 1.82) is 0 Å². The molecule has 2 aliphatic heterocycles. The van der Waals surface area contributed by atoms with Crippen LogP contribution in [-0.2, 0) is 6.54 Å². The zero-order valence-electron chi connectivity index (χ0n) is 20.1. The quantitative estimate of drug-likeness (QED) is 0.614. The van der Waals surface area contributed by atoms with E-state index in [1.165, 1.54) is 18.4 Å². The van der Waals surface area contributed by atoms with Gasteiger partial charge in [-0.15, -0.1) is 0 Å². The maximum atomic E-state index is 13.1. The monoisotopic (exact) mass is 452 g/mol. The molecule has 2 fully saturated rings. The van der Waals surface area contributed by atoms with Gasteiger partial charge < -0.3 is 19.1 Å². The van der Waals surface area contributed by atoms with Crippen LogP contribution in [0, 0.1) is 5.41 Å². The first-order chi connectivity index (χ1) is 16.1. The molecule has 0 bridgehead atoms. The summed E-state index contributed by atoms with van der Waals surface area (Å²) < 4.78 is 16.5. The van der Waals surface area contributed by atoms with Crippen molar-refractivity contribution in [2.75, 3.05) is 47.0 Å². The molecule has 1 spiro atoms. The molecule has 0 saturated carbocycles. The molecule has 0 unspecified atom stereocenters. The highest BCUT2D eigenvalue weighted by Crippen LogP contribution is 2.42. The van der Waals surface area contributed by atoms with Gasteiger partial charge in [-0.05, 0) is 75.4 Å². The van der Waals surface area contributed by atoms with Crippen molar-refractivity contribution in [1.82, 2.24) is 9.80 Å². The number of nitrogens with zero attached hydrogens (tertiary/aromatic N) is 2. The van der Waals surface area contributed by atoms with Gasteiger partial charge in [0.15, 0.2) is 11.5 Å². The number of hydrogen-bond acceptors (Lipinski definition) is 5. The van der Waals surface area contributed by atoms with Crippen LogP contribution in [0.2, 0.25) is 0 Å². The molecule has 0 aromatic heterocycles. The maximum absolute atomic E-state index is 13.1. The Morgan fingerprint density at radius 2 is 1.55 bits per heavy atom. The second-order valence-corrected chi connectivity index (χ2v) is 9.18. The van der Waals surface area contributed by atoms with Crippen molar-refractivity contribution in [2.45, 2.75) is 39.2 Å². The van der Waals surface area contributed by atoms with E-state index in [2.05, 4.69) is 23.1 Å². The summed E-state index contributed by atoms with van der Waals surface area (Å²) in [5.74, 6) is 2.32. The lowest BCUT2D eigenvalue weighted by molar-refractivity contribution is 0.0283. The molecule has 2 heterocycles. The molecule has 0 radical (unpaired) electrons. The summed E-state index contributed by atoms with van der Waals surface area (Å²) in [4.78, 5) is 17.6. The second-order valence-electron chi connectivity index (χ2n) is 9.18. The zero-order chi connectivity index (χ0) is 23.3. The average molecular weight is 453 g/mol. The van der Waals surface area contributed by atoms with Gasteiger partial charge in [0.2, 0.25) is 0 Å². The highest BCUT2D eigenvalue weighted by molar-refractivity contribution is 5.95. The lowest BCUT2D eigenvalue weighted by Crippen LogP contribution is -2.48. The number of rotatable bonds is 7. The summed E-state index contributed by atoms with van der Waals surface area (Å²) in [5, 5.41) is 0. The highest BCUT2D eigenvalue weighted by atomic mass is 16.5. The number of benzene rings is 2. The van der Waals surface area contributed by atoms with Gasteiger partial charge in [0, 0.05) is 30.8 Å². The van der Waals surface area contributed by atoms with E-state index in [-0.39, 0.29) is 5.91 Å².